The molecule has 1 aliphatic rings. The molecular formula is C26H31N5O3S. The second-order valence-electron chi connectivity index (χ2n) is 8.57. The van der Waals surface area contributed by atoms with Gasteiger partial charge in [-0.1, -0.05) is 36.0 Å². The van der Waals surface area contributed by atoms with Gasteiger partial charge in [0.15, 0.2) is 5.16 Å². The maximum Gasteiger partial charge on any atom is 0.254 e. The average Bonchev–Trinajstić information content (AvgIpc) is 3.26. The van der Waals surface area contributed by atoms with Crippen LogP contribution in [0, 0.1) is 6.92 Å². The molecule has 2 heterocycles. The first-order chi connectivity index (χ1) is 17.0. The molecule has 0 saturated carbocycles. The zero-order valence-corrected chi connectivity index (χ0v) is 21.2. The average molecular weight is 494 g/mol. The number of amides is 2. The molecule has 35 heavy (non-hydrogen) atoms. The third-order valence-corrected chi connectivity index (χ3v) is 7.15. The molecule has 0 aliphatic carbocycles. The van der Waals surface area contributed by atoms with Gasteiger partial charge < -0.3 is 14.5 Å². The Morgan fingerprint density at radius 3 is 2.63 bits per heavy atom. The molecule has 9 heteroatoms. The monoisotopic (exact) mass is 493 g/mol. The van der Waals surface area contributed by atoms with Crippen molar-refractivity contribution >= 4 is 23.6 Å². The van der Waals surface area contributed by atoms with E-state index in [9.17, 15) is 9.59 Å². The second kappa shape index (κ2) is 11.4. The van der Waals surface area contributed by atoms with Crippen molar-refractivity contribution in [3.63, 3.8) is 0 Å². The Morgan fingerprint density at radius 1 is 1.09 bits per heavy atom. The van der Waals surface area contributed by atoms with Crippen molar-refractivity contribution in [2.45, 2.75) is 37.9 Å². The third kappa shape index (κ3) is 5.85. The molecule has 2 amide bonds. The minimum Gasteiger partial charge on any atom is -0.497 e. The number of thioether (sulfide) groups is 1. The second-order valence-corrected chi connectivity index (χ2v) is 9.63. The van der Waals surface area contributed by atoms with Crippen molar-refractivity contribution in [3.05, 3.63) is 66.0 Å². The van der Waals surface area contributed by atoms with Gasteiger partial charge in [0.05, 0.1) is 7.11 Å². The molecule has 0 bridgehead atoms. The fourth-order valence-electron chi connectivity index (χ4n) is 4.26. The molecule has 1 unspecified atom stereocenters. The summed E-state index contributed by atoms with van der Waals surface area (Å²) in [5, 5.41) is 9.36. The van der Waals surface area contributed by atoms with E-state index in [-0.39, 0.29) is 17.9 Å². The maximum atomic E-state index is 13.0. The largest absolute Gasteiger partial charge is 0.497 e. The molecule has 1 aliphatic heterocycles. The van der Waals surface area contributed by atoms with Crippen LogP contribution in [0.5, 0.6) is 5.75 Å². The number of aromatic nitrogens is 3. The maximum absolute atomic E-state index is 13.0. The molecule has 3 aromatic rings. The highest BCUT2D eigenvalue weighted by molar-refractivity contribution is 7.99. The molecule has 0 N–H and O–H groups in total. The van der Waals surface area contributed by atoms with Gasteiger partial charge in [0.1, 0.15) is 11.6 Å². The number of ether oxygens (including phenoxy) is 1. The van der Waals surface area contributed by atoms with Crippen LogP contribution < -0.4 is 4.74 Å². The van der Waals surface area contributed by atoms with Crippen molar-refractivity contribution in [1.82, 2.24) is 24.6 Å². The van der Waals surface area contributed by atoms with Gasteiger partial charge in [0.2, 0.25) is 5.91 Å². The van der Waals surface area contributed by atoms with E-state index >= 15 is 0 Å². The van der Waals surface area contributed by atoms with Gasteiger partial charge >= 0.3 is 0 Å². The standard InChI is InChI=1S/C26H31N5O3S/c1-19-18-29(14-15-30(19)25(33)21-9-7-12-23(17-21)34-3)24(32)13-8-16-35-26-28-27-20(2)31(26)22-10-5-4-6-11-22/h4-7,9-12,17,19H,8,13-16,18H2,1-3H3. The molecule has 184 valence electrons. The van der Waals surface area contributed by atoms with E-state index in [1.54, 1.807) is 31.0 Å². The van der Waals surface area contributed by atoms with Crippen LogP contribution in [0.15, 0.2) is 59.8 Å². The van der Waals surface area contributed by atoms with Crippen LogP contribution in [0.1, 0.15) is 35.9 Å². The summed E-state index contributed by atoms with van der Waals surface area (Å²) in [5.41, 5.74) is 1.63. The third-order valence-electron chi connectivity index (χ3n) is 6.13. The van der Waals surface area contributed by atoms with E-state index < -0.39 is 0 Å². The minimum atomic E-state index is -0.0480. The van der Waals surface area contributed by atoms with Crippen LogP contribution in [0.2, 0.25) is 0 Å². The molecular weight excluding hydrogens is 462 g/mol. The van der Waals surface area contributed by atoms with Crippen LogP contribution >= 0.6 is 11.8 Å². The Kier molecular flexibility index (Phi) is 8.07. The quantitative estimate of drug-likeness (QED) is 0.351. The Balaban J connectivity index is 1.26. The van der Waals surface area contributed by atoms with Crippen molar-refractivity contribution in [3.8, 4) is 11.4 Å². The number of hydrogen-bond acceptors (Lipinski definition) is 6. The summed E-state index contributed by atoms with van der Waals surface area (Å²) in [6.07, 6.45) is 1.23. The fourth-order valence-corrected chi connectivity index (χ4v) is 5.20. The highest BCUT2D eigenvalue weighted by Crippen LogP contribution is 2.23. The minimum absolute atomic E-state index is 0.0299. The first-order valence-corrected chi connectivity index (χ1v) is 12.8. The number of carbonyl (C=O) groups excluding carboxylic acids is 2. The summed E-state index contributed by atoms with van der Waals surface area (Å²) >= 11 is 1.61. The zero-order chi connectivity index (χ0) is 24.8. The van der Waals surface area contributed by atoms with Crippen molar-refractivity contribution in [1.29, 1.82) is 0 Å². The van der Waals surface area contributed by atoms with Gasteiger partial charge in [0, 0.05) is 49.1 Å². The summed E-state index contributed by atoms with van der Waals surface area (Å²) in [6, 6.07) is 17.2. The van der Waals surface area contributed by atoms with Gasteiger partial charge in [-0.15, -0.1) is 10.2 Å². The predicted octanol–water partition coefficient (Wildman–Crippen LogP) is 3.83. The lowest BCUT2D eigenvalue weighted by Crippen LogP contribution is -2.55. The normalized spacial score (nSPS) is 15.8. The molecule has 1 fully saturated rings. The number of benzene rings is 2. The number of rotatable bonds is 8. The van der Waals surface area contributed by atoms with E-state index in [0.29, 0.717) is 37.4 Å². The first-order valence-electron chi connectivity index (χ1n) is 11.8. The van der Waals surface area contributed by atoms with Gasteiger partial charge in [-0.25, -0.2) is 0 Å². The number of nitrogens with zero attached hydrogens (tertiary/aromatic N) is 5. The highest BCUT2D eigenvalue weighted by Gasteiger charge is 2.30. The lowest BCUT2D eigenvalue weighted by atomic mass is 10.1. The van der Waals surface area contributed by atoms with E-state index in [1.807, 2.05) is 70.7 Å². The summed E-state index contributed by atoms with van der Waals surface area (Å²) in [5.74, 6) is 2.38. The van der Waals surface area contributed by atoms with Crippen LogP contribution in [0.3, 0.4) is 0 Å². The lowest BCUT2D eigenvalue weighted by molar-refractivity contribution is -0.133. The van der Waals surface area contributed by atoms with E-state index in [0.717, 1.165) is 28.8 Å². The van der Waals surface area contributed by atoms with Crippen LogP contribution in [0.4, 0.5) is 0 Å². The van der Waals surface area contributed by atoms with Crippen molar-refractivity contribution in [2.75, 3.05) is 32.5 Å². The number of carbonyl (C=O) groups is 2. The highest BCUT2D eigenvalue weighted by atomic mass is 32.2. The smallest absolute Gasteiger partial charge is 0.254 e. The predicted molar refractivity (Wildman–Crippen MR) is 136 cm³/mol. The van der Waals surface area contributed by atoms with Crippen LogP contribution in [-0.4, -0.2) is 74.9 Å². The van der Waals surface area contributed by atoms with E-state index in [2.05, 4.69) is 10.2 Å². The molecule has 1 atom stereocenters. The van der Waals surface area contributed by atoms with Crippen LogP contribution in [0.25, 0.3) is 5.69 Å². The fraction of sp³-hybridized carbons (Fsp3) is 0.385. The number of para-hydroxylation sites is 1. The Bertz CT molecular complexity index is 1170. The van der Waals surface area contributed by atoms with Gasteiger partial charge in [-0.3, -0.25) is 14.2 Å². The van der Waals surface area contributed by atoms with E-state index in [4.69, 9.17) is 4.74 Å². The molecule has 1 aromatic heterocycles. The topological polar surface area (TPSA) is 80.6 Å². The number of methoxy groups -OCH3 is 1. The van der Waals surface area contributed by atoms with Gasteiger partial charge in [-0.05, 0) is 50.6 Å². The molecule has 2 aromatic carbocycles. The molecule has 0 spiro atoms. The number of hydrogen-bond donors (Lipinski definition) is 0. The van der Waals surface area contributed by atoms with E-state index in [1.165, 1.54) is 0 Å². The van der Waals surface area contributed by atoms with Crippen LogP contribution in [-0.2, 0) is 4.79 Å². The summed E-state index contributed by atoms with van der Waals surface area (Å²) < 4.78 is 7.27. The number of aryl methyl sites for hydroxylation is 1. The Labute approximate surface area is 210 Å². The lowest BCUT2D eigenvalue weighted by Gasteiger charge is -2.40. The SMILES string of the molecule is COc1cccc(C(=O)N2CCN(C(=O)CCCSc3nnc(C)n3-c3ccccc3)CC2C)c1. The van der Waals surface area contributed by atoms with Crippen molar-refractivity contribution in [2.24, 2.45) is 0 Å². The molecule has 4 rings (SSSR count). The molecule has 0 radical (unpaired) electrons. The van der Waals surface area contributed by atoms with Gasteiger partial charge in [-0.2, -0.15) is 0 Å². The summed E-state index contributed by atoms with van der Waals surface area (Å²) in [6.45, 7) is 5.55. The summed E-state index contributed by atoms with van der Waals surface area (Å²) in [7, 11) is 1.59. The first kappa shape index (κ1) is 24.8. The summed E-state index contributed by atoms with van der Waals surface area (Å²) in [4.78, 5) is 29.5. The van der Waals surface area contributed by atoms with Gasteiger partial charge in [0.25, 0.3) is 5.91 Å². The van der Waals surface area contributed by atoms with Crippen molar-refractivity contribution < 1.29 is 14.3 Å². The zero-order valence-electron chi connectivity index (χ0n) is 20.4. The molecule has 1 saturated heterocycles. The molecule has 8 nitrogen and oxygen atoms in total. The number of piperazine rings is 1. The Morgan fingerprint density at radius 2 is 1.89 bits per heavy atom. The Hall–Kier alpha value is -3.33.